The molecule has 0 aliphatic rings. The van der Waals surface area contributed by atoms with Crippen LogP contribution >= 0.6 is 12.0 Å². The fourth-order valence-corrected chi connectivity index (χ4v) is 1.40. The van der Waals surface area contributed by atoms with Crippen molar-refractivity contribution in [1.82, 2.24) is 0 Å². The first-order chi connectivity index (χ1) is 5.24. The van der Waals surface area contributed by atoms with Gasteiger partial charge in [0.05, 0.1) is 7.11 Å². The van der Waals surface area contributed by atoms with Crippen LogP contribution in [-0.4, -0.2) is 7.11 Å². The quantitative estimate of drug-likeness (QED) is 0.628. The third-order valence-corrected chi connectivity index (χ3v) is 2.27. The lowest BCUT2D eigenvalue weighted by atomic mass is 10.1. The Morgan fingerprint density at radius 1 is 1.18 bits per heavy atom. The molecular weight excluding hydrogens is 156 g/mol. The summed E-state index contributed by atoms with van der Waals surface area (Å²) in [6.07, 6.45) is 0. The van der Waals surface area contributed by atoms with Crippen LogP contribution in [-0.2, 0) is 4.18 Å². The van der Waals surface area contributed by atoms with Gasteiger partial charge in [0, 0.05) is 16.9 Å². The topological polar surface area (TPSA) is 9.23 Å². The highest BCUT2D eigenvalue weighted by Gasteiger charge is 1.95. The van der Waals surface area contributed by atoms with Crippen molar-refractivity contribution in [3.63, 3.8) is 0 Å². The molecule has 0 aliphatic carbocycles. The molecule has 0 bridgehead atoms. The molecule has 1 aromatic carbocycles. The summed E-state index contributed by atoms with van der Waals surface area (Å²) in [7, 11) is 1.68. The van der Waals surface area contributed by atoms with E-state index in [0.717, 1.165) is 4.90 Å². The monoisotopic (exact) mass is 168 g/mol. The summed E-state index contributed by atoms with van der Waals surface area (Å²) in [6, 6.07) is 6.30. The van der Waals surface area contributed by atoms with E-state index in [-0.39, 0.29) is 0 Å². The largest absolute Gasteiger partial charge is 0.314 e. The van der Waals surface area contributed by atoms with Crippen molar-refractivity contribution < 1.29 is 4.18 Å². The van der Waals surface area contributed by atoms with Gasteiger partial charge >= 0.3 is 0 Å². The molecule has 0 aliphatic heterocycles. The predicted octanol–water partition coefficient (Wildman–Crippen LogP) is 2.96. The summed E-state index contributed by atoms with van der Waals surface area (Å²) in [6.45, 7) is 4.21. The van der Waals surface area contributed by atoms with Crippen molar-refractivity contribution in [2.45, 2.75) is 18.7 Å². The molecule has 0 atom stereocenters. The molecule has 2 heteroatoms. The molecule has 0 N–H and O–H groups in total. The van der Waals surface area contributed by atoms with Gasteiger partial charge in [0.1, 0.15) is 0 Å². The Hall–Kier alpha value is -0.470. The lowest BCUT2D eigenvalue weighted by molar-refractivity contribution is 0.490. The van der Waals surface area contributed by atoms with Gasteiger partial charge in [-0.2, -0.15) is 0 Å². The zero-order valence-corrected chi connectivity index (χ0v) is 7.87. The molecule has 0 aromatic heterocycles. The lowest BCUT2D eigenvalue weighted by Crippen LogP contribution is -1.80. The Balaban J connectivity index is 2.86. The Morgan fingerprint density at radius 3 is 2.45 bits per heavy atom. The second kappa shape index (κ2) is 3.79. The van der Waals surface area contributed by atoms with Crippen LogP contribution in [0.25, 0.3) is 0 Å². The van der Waals surface area contributed by atoms with Gasteiger partial charge in [-0.3, -0.25) is 0 Å². The van der Waals surface area contributed by atoms with E-state index in [1.54, 1.807) is 7.11 Å². The Labute approximate surface area is 72.0 Å². The molecule has 1 rings (SSSR count). The number of hydrogen-bond donors (Lipinski definition) is 0. The molecule has 0 amide bonds. The van der Waals surface area contributed by atoms with Crippen molar-refractivity contribution in [2.75, 3.05) is 7.11 Å². The fraction of sp³-hybridized carbons (Fsp3) is 0.333. The van der Waals surface area contributed by atoms with Gasteiger partial charge in [0.2, 0.25) is 0 Å². The summed E-state index contributed by atoms with van der Waals surface area (Å²) in [5, 5.41) is 0. The lowest BCUT2D eigenvalue weighted by Gasteiger charge is -2.01. The van der Waals surface area contributed by atoms with Crippen molar-refractivity contribution in [3.05, 3.63) is 29.3 Å². The molecule has 0 saturated carbocycles. The van der Waals surface area contributed by atoms with Gasteiger partial charge in [-0.15, -0.1) is 0 Å². The highest BCUT2D eigenvalue weighted by atomic mass is 32.2. The fourth-order valence-electron chi connectivity index (χ4n) is 0.862. The zero-order valence-electron chi connectivity index (χ0n) is 7.05. The summed E-state index contributed by atoms with van der Waals surface area (Å²) in [5.74, 6) is 0. The summed E-state index contributed by atoms with van der Waals surface area (Å²) in [5.41, 5.74) is 2.64. The van der Waals surface area contributed by atoms with Crippen LogP contribution in [0.3, 0.4) is 0 Å². The van der Waals surface area contributed by atoms with Crippen molar-refractivity contribution >= 4 is 12.0 Å². The minimum absolute atomic E-state index is 1.16. The first-order valence-electron chi connectivity index (χ1n) is 3.52. The molecule has 60 valence electrons. The molecule has 0 spiro atoms. The minimum Gasteiger partial charge on any atom is -0.314 e. The molecule has 0 fully saturated rings. The average molecular weight is 168 g/mol. The van der Waals surface area contributed by atoms with Crippen LogP contribution in [0, 0.1) is 13.8 Å². The van der Waals surface area contributed by atoms with Crippen molar-refractivity contribution in [2.24, 2.45) is 0 Å². The molecule has 11 heavy (non-hydrogen) atoms. The van der Waals surface area contributed by atoms with E-state index in [0.29, 0.717) is 0 Å². The normalized spacial score (nSPS) is 10.1. The number of benzene rings is 1. The molecule has 1 aromatic rings. The van der Waals surface area contributed by atoms with Crippen LogP contribution in [0.15, 0.2) is 23.1 Å². The van der Waals surface area contributed by atoms with Crippen LogP contribution in [0.1, 0.15) is 11.1 Å². The first kappa shape index (κ1) is 8.62. The van der Waals surface area contributed by atoms with Gasteiger partial charge < -0.3 is 4.18 Å². The molecular formula is C9H12OS. The van der Waals surface area contributed by atoms with Crippen LogP contribution in [0.5, 0.6) is 0 Å². The van der Waals surface area contributed by atoms with Crippen molar-refractivity contribution in [3.8, 4) is 0 Å². The Kier molecular flexibility index (Phi) is 2.97. The van der Waals surface area contributed by atoms with Crippen molar-refractivity contribution in [1.29, 1.82) is 0 Å². The Morgan fingerprint density at radius 2 is 1.91 bits per heavy atom. The minimum atomic E-state index is 1.16. The van der Waals surface area contributed by atoms with Gasteiger partial charge in [-0.25, -0.2) is 0 Å². The van der Waals surface area contributed by atoms with E-state index < -0.39 is 0 Å². The van der Waals surface area contributed by atoms with Gasteiger partial charge in [-0.1, -0.05) is 6.07 Å². The number of rotatable bonds is 2. The van der Waals surface area contributed by atoms with E-state index in [9.17, 15) is 0 Å². The predicted molar refractivity (Wildman–Crippen MR) is 48.8 cm³/mol. The SMILES string of the molecule is COSc1ccc(C)c(C)c1. The summed E-state index contributed by atoms with van der Waals surface area (Å²) >= 11 is 1.40. The van der Waals surface area contributed by atoms with Gasteiger partial charge in [-0.05, 0) is 37.1 Å². The molecule has 1 nitrogen and oxygen atoms in total. The van der Waals surface area contributed by atoms with E-state index >= 15 is 0 Å². The maximum absolute atomic E-state index is 4.94. The maximum Gasteiger partial charge on any atom is 0.0508 e. The zero-order chi connectivity index (χ0) is 8.27. The van der Waals surface area contributed by atoms with Crippen LogP contribution in [0.2, 0.25) is 0 Å². The second-order valence-electron chi connectivity index (χ2n) is 2.50. The smallest absolute Gasteiger partial charge is 0.0508 e. The van der Waals surface area contributed by atoms with E-state index in [2.05, 4.69) is 32.0 Å². The Bertz CT molecular complexity index is 245. The molecule has 0 unspecified atom stereocenters. The molecule has 0 radical (unpaired) electrons. The summed E-state index contributed by atoms with van der Waals surface area (Å²) in [4.78, 5) is 1.16. The van der Waals surface area contributed by atoms with Crippen LogP contribution < -0.4 is 0 Å². The molecule has 0 saturated heterocycles. The molecule has 0 heterocycles. The third-order valence-electron chi connectivity index (χ3n) is 1.66. The first-order valence-corrected chi connectivity index (χ1v) is 4.26. The standard InChI is InChI=1S/C9H12OS/c1-7-4-5-9(11-10-3)6-8(7)2/h4-6H,1-3H3. The third kappa shape index (κ3) is 2.24. The summed E-state index contributed by atoms with van der Waals surface area (Å²) < 4.78 is 4.94. The van der Waals surface area contributed by atoms with Gasteiger partial charge in [0.15, 0.2) is 0 Å². The second-order valence-corrected chi connectivity index (χ2v) is 3.47. The van der Waals surface area contributed by atoms with Gasteiger partial charge in [0.25, 0.3) is 0 Å². The van der Waals surface area contributed by atoms with E-state index in [1.807, 2.05) is 0 Å². The van der Waals surface area contributed by atoms with E-state index in [4.69, 9.17) is 4.18 Å². The number of aryl methyl sites for hydroxylation is 2. The maximum atomic E-state index is 4.94. The van der Waals surface area contributed by atoms with Crippen LogP contribution in [0.4, 0.5) is 0 Å². The number of hydrogen-bond acceptors (Lipinski definition) is 2. The highest BCUT2D eigenvalue weighted by molar-refractivity contribution is 7.94. The average Bonchev–Trinajstić information content (AvgIpc) is 1.98. The van der Waals surface area contributed by atoms with E-state index in [1.165, 1.54) is 23.2 Å². The highest BCUT2D eigenvalue weighted by Crippen LogP contribution is 2.20.